The van der Waals surface area contributed by atoms with Crippen LogP contribution >= 0.6 is 0 Å². The van der Waals surface area contributed by atoms with Crippen molar-refractivity contribution in [2.24, 2.45) is 5.92 Å². The van der Waals surface area contributed by atoms with Crippen LogP contribution in [0.15, 0.2) is 23.2 Å². The van der Waals surface area contributed by atoms with E-state index in [0.29, 0.717) is 19.5 Å². The Balaban J connectivity index is 2.18. The molecule has 1 aromatic rings. The van der Waals surface area contributed by atoms with Gasteiger partial charge in [0.15, 0.2) is 0 Å². The zero-order valence-electron chi connectivity index (χ0n) is 9.99. The van der Waals surface area contributed by atoms with Crippen LogP contribution in [0.5, 0.6) is 0 Å². The maximum absolute atomic E-state index is 12.3. The van der Waals surface area contributed by atoms with E-state index in [-0.39, 0.29) is 23.2 Å². The molecular weight excluding hydrogens is 254 g/mol. The summed E-state index contributed by atoms with van der Waals surface area (Å²) in [5.41, 5.74) is 5.50. The van der Waals surface area contributed by atoms with Crippen LogP contribution in [0.2, 0.25) is 0 Å². The summed E-state index contributed by atoms with van der Waals surface area (Å²) < 4.78 is 26.1. The molecule has 1 atom stereocenters. The first kappa shape index (κ1) is 13.3. The summed E-state index contributed by atoms with van der Waals surface area (Å²) in [5, 5.41) is 8.88. The van der Waals surface area contributed by atoms with E-state index in [4.69, 9.17) is 10.8 Å². The summed E-state index contributed by atoms with van der Waals surface area (Å²) in [4.78, 5) is 3.97. The molecule has 7 heteroatoms. The van der Waals surface area contributed by atoms with Gasteiger partial charge >= 0.3 is 0 Å². The molecule has 1 unspecified atom stereocenters. The SMILES string of the molecule is Nc1cc(S(=O)(=O)N2CCC(CCO)C2)ccn1. The van der Waals surface area contributed by atoms with Gasteiger partial charge < -0.3 is 10.8 Å². The first-order valence-electron chi connectivity index (χ1n) is 5.86. The standard InChI is InChI=1S/C11H17N3O3S/c12-11-7-10(1-4-13-11)18(16,17)14-5-2-9(8-14)3-6-15/h1,4,7,9,15H,2-3,5-6,8H2,(H2,12,13). The molecule has 1 fully saturated rings. The molecule has 0 saturated carbocycles. The molecule has 2 rings (SSSR count). The molecule has 1 aliphatic heterocycles. The zero-order valence-corrected chi connectivity index (χ0v) is 10.8. The third-order valence-corrected chi connectivity index (χ3v) is 5.04. The summed E-state index contributed by atoms with van der Waals surface area (Å²) in [6.07, 6.45) is 2.83. The van der Waals surface area contributed by atoms with Crippen LogP contribution in [0.25, 0.3) is 0 Å². The topological polar surface area (TPSA) is 96.5 Å². The lowest BCUT2D eigenvalue weighted by molar-refractivity contribution is 0.259. The first-order chi connectivity index (χ1) is 8.54. The van der Waals surface area contributed by atoms with Crippen molar-refractivity contribution in [1.82, 2.24) is 9.29 Å². The molecule has 6 nitrogen and oxygen atoms in total. The number of anilines is 1. The number of nitrogens with two attached hydrogens (primary N) is 1. The predicted octanol–water partition coefficient (Wildman–Crippen LogP) is 0.0568. The molecule has 2 heterocycles. The van der Waals surface area contributed by atoms with Gasteiger partial charge in [-0.3, -0.25) is 0 Å². The van der Waals surface area contributed by atoms with E-state index < -0.39 is 10.0 Å². The predicted molar refractivity (Wildman–Crippen MR) is 67.2 cm³/mol. The zero-order chi connectivity index (χ0) is 13.2. The van der Waals surface area contributed by atoms with Crippen molar-refractivity contribution >= 4 is 15.8 Å². The van der Waals surface area contributed by atoms with E-state index in [1.807, 2.05) is 0 Å². The highest BCUT2D eigenvalue weighted by molar-refractivity contribution is 7.89. The molecule has 1 aliphatic rings. The Labute approximate surface area is 106 Å². The lowest BCUT2D eigenvalue weighted by Crippen LogP contribution is -2.29. The smallest absolute Gasteiger partial charge is 0.243 e. The summed E-state index contributed by atoms with van der Waals surface area (Å²) in [7, 11) is -3.48. The average Bonchev–Trinajstić information content (AvgIpc) is 2.79. The molecule has 0 aliphatic carbocycles. The second-order valence-corrected chi connectivity index (χ2v) is 6.38. The molecular formula is C11H17N3O3S. The van der Waals surface area contributed by atoms with E-state index in [0.717, 1.165) is 6.42 Å². The van der Waals surface area contributed by atoms with Crippen LogP contribution < -0.4 is 5.73 Å². The van der Waals surface area contributed by atoms with Crippen molar-refractivity contribution in [1.29, 1.82) is 0 Å². The second kappa shape index (κ2) is 5.21. The largest absolute Gasteiger partial charge is 0.396 e. The van der Waals surface area contributed by atoms with Crippen LogP contribution in [0.4, 0.5) is 5.82 Å². The molecule has 0 radical (unpaired) electrons. The summed E-state index contributed by atoms with van der Waals surface area (Å²) in [6, 6.07) is 2.82. The second-order valence-electron chi connectivity index (χ2n) is 4.45. The van der Waals surface area contributed by atoms with Gasteiger partial charge in [0.1, 0.15) is 5.82 Å². The number of aliphatic hydroxyl groups is 1. The number of nitrogen functional groups attached to an aromatic ring is 1. The average molecular weight is 271 g/mol. The molecule has 0 spiro atoms. The van der Waals surface area contributed by atoms with Crippen molar-refractivity contribution in [2.45, 2.75) is 17.7 Å². The highest BCUT2D eigenvalue weighted by Crippen LogP contribution is 2.26. The number of pyridine rings is 1. The molecule has 0 aromatic carbocycles. The molecule has 0 amide bonds. The van der Waals surface area contributed by atoms with E-state index >= 15 is 0 Å². The Morgan fingerprint density at radius 3 is 3.00 bits per heavy atom. The van der Waals surface area contributed by atoms with Gasteiger partial charge in [-0.1, -0.05) is 0 Å². The Hall–Kier alpha value is -1.18. The number of aliphatic hydroxyl groups excluding tert-OH is 1. The normalized spacial score (nSPS) is 21.3. The van der Waals surface area contributed by atoms with Gasteiger partial charge in [-0.25, -0.2) is 13.4 Å². The third-order valence-electron chi connectivity index (χ3n) is 3.18. The van der Waals surface area contributed by atoms with Crippen molar-refractivity contribution in [3.8, 4) is 0 Å². The summed E-state index contributed by atoms with van der Waals surface area (Å²) >= 11 is 0. The number of rotatable bonds is 4. The minimum absolute atomic E-state index is 0.0980. The van der Waals surface area contributed by atoms with Gasteiger partial charge in [-0.2, -0.15) is 4.31 Å². The van der Waals surface area contributed by atoms with E-state index in [2.05, 4.69) is 4.98 Å². The number of sulfonamides is 1. The van der Waals surface area contributed by atoms with Gasteiger partial charge in [0.05, 0.1) is 4.90 Å². The van der Waals surface area contributed by atoms with E-state index in [9.17, 15) is 8.42 Å². The van der Waals surface area contributed by atoms with Crippen molar-refractivity contribution in [3.63, 3.8) is 0 Å². The first-order valence-corrected chi connectivity index (χ1v) is 7.30. The Morgan fingerprint density at radius 2 is 2.33 bits per heavy atom. The van der Waals surface area contributed by atoms with Crippen LogP contribution in [-0.2, 0) is 10.0 Å². The van der Waals surface area contributed by atoms with Gasteiger partial charge in [0.2, 0.25) is 10.0 Å². The van der Waals surface area contributed by atoms with E-state index in [1.165, 1.54) is 22.6 Å². The number of nitrogens with zero attached hydrogens (tertiary/aromatic N) is 2. The minimum Gasteiger partial charge on any atom is -0.396 e. The third kappa shape index (κ3) is 2.63. The Morgan fingerprint density at radius 1 is 1.56 bits per heavy atom. The molecule has 0 bridgehead atoms. The van der Waals surface area contributed by atoms with Crippen LogP contribution in [-0.4, -0.2) is 42.5 Å². The van der Waals surface area contributed by atoms with Crippen molar-refractivity contribution in [3.05, 3.63) is 18.3 Å². The molecule has 1 aromatic heterocycles. The van der Waals surface area contributed by atoms with Gasteiger partial charge in [0, 0.05) is 32.0 Å². The van der Waals surface area contributed by atoms with Gasteiger partial charge in [-0.15, -0.1) is 0 Å². The summed E-state index contributed by atoms with van der Waals surface area (Å²) in [6.45, 7) is 1.06. The fourth-order valence-corrected chi connectivity index (χ4v) is 3.72. The highest BCUT2D eigenvalue weighted by Gasteiger charge is 2.32. The highest BCUT2D eigenvalue weighted by atomic mass is 32.2. The van der Waals surface area contributed by atoms with Gasteiger partial charge in [-0.05, 0) is 24.8 Å². The fourth-order valence-electron chi connectivity index (χ4n) is 2.17. The van der Waals surface area contributed by atoms with E-state index in [1.54, 1.807) is 0 Å². The molecule has 18 heavy (non-hydrogen) atoms. The maximum atomic E-state index is 12.3. The minimum atomic E-state index is -3.48. The molecule has 100 valence electrons. The Bertz CT molecular complexity index is 518. The maximum Gasteiger partial charge on any atom is 0.243 e. The lowest BCUT2D eigenvalue weighted by atomic mass is 10.1. The number of aromatic nitrogens is 1. The fraction of sp³-hybridized carbons (Fsp3) is 0.545. The monoisotopic (exact) mass is 271 g/mol. The molecule has 3 N–H and O–H groups in total. The number of hydrogen-bond acceptors (Lipinski definition) is 5. The van der Waals surface area contributed by atoms with Crippen LogP contribution in [0.1, 0.15) is 12.8 Å². The quantitative estimate of drug-likeness (QED) is 0.807. The molecule has 1 saturated heterocycles. The van der Waals surface area contributed by atoms with Crippen molar-refractivity contribution < 1.29 is 13.5 Å². The van der Waals surface area contributed by atoms with Gasteiger partial charge in [0.25, 0.3) is 0 Å². The van der Waals surface area contributed by atoms with Crippen LogP contribution in [0.3, 0.4) is 0 Å². The summed E-state index contributed by atoms with van der Waals surface area (Å²) in [5.74, 6) is 0.436. The number of hydrogen-bond donors (Lipinski definition) is 2. The van der Waals surface area contributed by atoms with Crippen molar-refractivity contribution in [2.75, 3.05) is 25.4 Å². The van der Waals surface area contributed by atoms with Crippen LogP contribution in [0, 0.1) is 5.92 Å². The lowest BCUT2D eigenvalue weighted by Gasteiger charge is -2.16. The Kier molecular flexibility index (Phi) is 3.84.